The molecule has 0 saturated carbocycles. The van der Waals surface area contributed by atoms with E-state index in [9.17, 15) is 13.2 Å². The molecule has 0 saturated heterocycles. The zero-order valence-corrected chi connectivity index (χ0v) is 14.2. The molecule has 0 aliphatic rings. The van der Waals surface area contributed by atoms with Crippen LogP contribution in [0.5, 0.6) is 0 Å². The molecule has 0 unspecified atom stereocenters. The van der Waals surface area contributed by atoms with Gasteiger partial charge in [-0.1, -0.05) is 12.1 Å². The summed E-state index contributed by atoms with van der Waals surface area (Å²) >= 11 is 0.872. The number of nitriles is 1. The fourth-order valence-corrected chi connectivity index (χ4v) is 3.96. The summed E-state index contributed by atoms with van der Waals surface area (Å²) in [5, 5.41) is 13.9. The smallest absolute Gasteiger partial charge is 0.264 e. The first-order valence-electron chi connectivity index (χ1n) is 6.60. The Kier molecular flexibility index (Phi) is 4.85. The molecule has 6 nitrogen and oxygen atoms in total. The lowest BCUT2D eigenvalue weighted by atomic mass is 10.1. The summed E-state index contributed by atoms with van der Waals surface area (Å²) in [6.07, 6.45) is 0. The Labute approximate surface area is 138 Å². The third kappa shape index (κ3) is 3.96. The van der Waals surface area contributed by atoms with Gasteiger partial charge in [-0.25, -0.2) is 13.6 Å². The van der Waals surface area contributed by atoms with E-state index in [0.29, 0.717) is 22.5 Å². The molecule has 0 atom stereocenters. The molecule has 120 valence electrons. The minimum Gasteiger partial charge on any atom is -0.337 e. The largest absolute Gasteiger partial charge is 0.337 e. The highest BCUT2D eigenvalue weighted by atomic mass is 32.2. The number of nitrogens with zero attached hydrogens (tertiary/aromatic N) is 2. The van der Waals surface area contributed by atoms with E-state index in [4.69, 9.17) is 10.4 Å². The highest BCUT2D eigenvalue weighted by Gasteiger charge is 2.21. The van der Waals surface area contributed by atoms with Gasteiger partial charge in [-0.15, -0.1) is 11.3 Å². The Morgan fingerprint density at radius 3 is 2.43 bits per heavy atom. The lowest BCUT2D eigenvalue weighted by Gasteiger charge is -2.17. The van der Waals surface area contributed by atoms with E-state index in [1.165, 1.54) is 11.0 Å². The number of thiophene rings is 1. The van der Waals surface area contributed by atoms with Crippen LogP contribution in [0, 0.1) is 18.3 Å². The summed E-state index contributed by atoms with van der Waals surface area (Å²) in [5.41, 5.74) is 2.01. The molecule has 1 aromatic carbocycles. The van der Waals surface area contributed by atoms with Crippen molar-refractivity contribution in [2.24, 2.45) is 5.14 Å². The number of hydrogen-bond donors (Lipinski definition) is 1. The highest BCUT2D eigenvalue weighted by Crippen LogP contribution is 2.26. The number of hydrogen-bond acceptors (Lipinski definition) is 5. The molecule has 2 aromatic rings. The molecule has 23 heavy (non-hydrogen) atoms. The second-order valence-corrected chi connectivity index (χ2v) is 7.93. The minimum atomic E-state index is -3.81. The van der Waals surface area contributed by atoms with E-state index in [0.717, 1.165) is 16.9 Å². The lowest BCUT2D eigenvalue weighted by molar-refractivity contribution is 0.0789. The van der Waals surface area contributed by atoms with Crippen molar-refractivity contribution in [2.45, 2.75) is 17.7 Å². The Bertz CT molecular complexity index is 878. The van der Waals surface area contributed by atoms with Gasteiger partial charge >= 0.3 is 0 Å². The van der Waals surface area contributed by atoms with Gasteiger partial charge in [0.05, 0.1) is 16.5 Å². The molecular formula is C15H15N3O3S2. The van der Waals surface area contributed by atoms with Crippen molar-refractivity contribution in [3.05, 3.63) is 51.9 Å². The zero-order chi connectivity index (χ0) is 17.2. The number of nitrogens with two attached hydrogens (primary N) is 1. The number of amides is 1. The normalized spacial score (nSPS) is 11.0. The quantitative estimate of drug-likeness (QED) is 0.909. The number of benzene rings is 1. The summed E-state index contributed by atoms with van der Waals surface area (Å²) in [6.45, 7) is 2.03. The van der Waals surface area contributed by atoms with Gasteiger partial charge in [0.25, 0.3) is 5.91 Å². The van der Waals surface area contributed by atoms with Gasteiger partial charge in [0.15, 0.2) is 0 Å². The first-order chi connectivity index (χ1) is 10.7. The van der Waals surface area contributed by atoms with E-state index in [-0.39, 0.29) is 10.1 Å². The highest BCUT2D eigenvalue weighted by molar-refractivity contribution is 7.91. The van der Waals surface area contributed by atoms with Gasteiger partial charge in [0, 0.05) is 13.6 Å². The average molecular weight is 349 g/mol. The van der Waals surface area contributed by atoms with Crippen LogP contribution in [0.4, 0.5) is 0 Å². The van der Waals surface area contributed by atoms with Crippen molar-refractivity contribution in [3.8, 4) is 6.07 Å². The van der Waals surface area contributed by atoms with Crippen molar-refractivity contribution < 1.29 is 13.2 Å². The second-order valence-electron chi connectivity index (χ2n) is 5.09. The standard InChI is InChI=1S/C15H15N3O3S2/c1-10-7-13(23(17,20)21)22-14(10)15(19)18(2)9-12-5-3-11(8-16)4-6-12/h3-7H,9H2,1-2H3,(H2,17,20,21). The van der Waals surface area contributed by atoms with Gasteiger partial charge in [0.2, 0.25) is 10.0 Å². The molecule has 0 radical (unpaired) electrons. The Morgan fingerprint density at radius 2 is 1.96 bits per heavy atom. The molecule has 0 aliphatic carbocycles. The van der Waals surface area contributed by atoms with Crippen LogP contribution in [0.2, 0.25) is 0 Å². The first kappa shape index (κ1) is 17.1. The molecule has 0 fully saturated rings. The fraction of sp³-hybridized carbons (Fsp3) is 0.200. The number of aryl methyl sites for hydroxylation is 1. The van der Waals surface area contributed by atoms with E-state index < -0.39 is 10.0 Å². The van der Waals surface area contributed by atoms with Gasteiger partial charge in [-0.3, -0.25) is 4.79 Å². The number of carbonyl (C=O) groups excluding carboxylic acids is 1. The Balaban J connectivity index is 2.19. The van der Waals surface area contributed by atoms with Crippen LogP contribution in [0.15, 0.2) is 34.5 Å². The monoisotopic (exact) mass is 349 g/mol. The van der Waals surface area contributed by atoms with Crippen LogP contribution in [0.25, 0.3) is 0 Å². The predicted octanol–water partition coefficient (Wildman–Crippen LogP) is 1.85. The maximum atomic E-state index is 12.5. The maximum absolute atomic E-state index is 12.5. The van der Waals surface area contributed by atoms with Crippen LogP contribution in [0.1, 0.15) is 26.4 Å². The van der Waals surface area contributed by atoms with Crippen LogP contribution >= 0.6 is 11.3 Å². The maximum Gasteiger partial charge on any atom is 0.264 e. The van der Waals surface area contributed by atoms with Gasteiger partial charge in [0.1, 0.15) is 4.21 Å². The number of primary sulfonamides is 1. The number of carbonyl (C=O) groups is 1. The first-order valence-corrected chi connectivity index (χ1v) is 8.96. The fourth-order valence-electron chi connectivity index (χ4n) is 2.01. The topological polar surface area (TPSA) is 104 Å². The summed E-state index contributed by atoms with van der Waals surface area (Å²) in [5.74, 6) is -0.272. The van der Waals surface area contributed by atoms with Crippen molar-refractivity contribution in [1.29, 1.82) is 5.26 Å². The molecule has 0 bridgehead atoms. The molecule has 2 rings (SSSR count). The minimum absolute atomic E-state index is 0.0230. The molecular weight excluding hydrogens is 334 g/mol. The lowest BCUT2D eigenvalue weighted by Crippen LogP contribution is -2.25. The zero-order valence-electron chi connectivity index (χ0n) is 12.6. The molecule has 1 heterocycles. The van der Waals surface area contributed by atoms with E-state index in [1.54, 1.807) is 38.2 Å². The summed E-state index contributed by atoms with van der Waals surface area (Å²) in [7, 11) is -2.18. The summed E-state index contributed by atoms with van der Waals surface area (Å²) in [6, 6.07) is 10.4. The van der Waals surface area contributed by atoms with Crippen molar-refractivity contribution in [3.63, 3.8) is 0 Å². The van der Waals surface area contributed by atoms with E-state index in [1.807, 2.05) is 6.07 Å². The molecule has 0 spiro atoms. The van der Waals surface area contributed by atoms with Crippen molar-refractivity contribution in [2.75, 3.05) is 7.05 Å². The summed E-state index contributed by atoms with van der Waals surface area (Å²) in [4.78, 5) is 14.3. The average Bonchev–Trinajstić information content (AvgIpc) is 2.89. The Hall–Kier alpha value is -2.21. The SMILES string of the molecule is Cc1cc(S(N)(=O)=O)sc1C(=O)N(C)Cc1ccc(C#N)cc1. The Morgan fingerprint density at radius 1 is 1.35 bits per heavy atom. The van der Waals surface area contributed by atoms with E-state index in [2.05, 4.69) is 0 Å². The molecule has 1 amide bonds. The van der Waals surface area contributed by atoms with Crippen molar-refractivity contribution in [1.82, 2.24) is 4.90 Å². The third-order valence-corrected chi connectivity index (χ3v) is 5.86. The van der Waals surface area contributed by atoms with Crippen LogP contribution in [-0.2, 0) is 16.6 Å². The van der Waals surface area contributed by atoms with Crippen LogP contribution in [-0.4, -0.2) is 26.3 Å². The predicted molar refractivity (Wildman–Crippen MR) is 87.4 cm³/mol. The number of rotatable bonds is 4. The third-order valence-electron chi connectivity index (χ3n) is 3.22. The number of sulfonamides is 1. The van der Waals surface area contributed by atoms with Gasteiger partial charge in [-0.05, 0) is 36.2 Å². The van der Waals surface area contributed by atoms with Crippen LogP contribution < -0.4 is 5.14 Å². The van der Waals surface area contributed by atoms with Gasteiger partial charge < -0.3 is 4.90 Å². The molecule has 0 aliphatic heterocycles. The second kappa shape index (κ2) is 6.50. The van der Waals surface area contributed by atoms with Crippen LogP contribution in [0.3, 0.4) is 0 Å². The molecule has 8 heteroatoms. The molecule has 2 N–H and O–H groups in total. The molecule has 1 aromatic heterocycles. The van der Waals surface area contributed by atoms with Crippen molar-refractivity contribution >= 4 is 27.3 Å². The van der Waals surface area contributed by atoms with Gasteiger partial charge in [-0.2, -0.15) is 5.26 Å². The van der Waals surface area contributed by atoms with E-state index >= 15 is 0 Å². The summed E-state index contributed by atoms with van der Waals surface area (Å²) < 4.78 is 22.7.